The van der Waals surface area contributed by atoms with Gasteiger partial charge in [-0.15, -0.1) is 0 Å². The van der Waals surface area contributed by atoms with Gasteiger partial charge in [0, 0.05) is 13.1 Å². The summed E-state index contributed by atoms with van der Waals surface area (Å²) in [5.41, 5.74) is 2.03. The largest absolute Gasteiger partial charge is 0.426 e. The number of piperidine rings is 1. The quantitative estimate of drug-likeness (QED) is 0.567. The molecule has 0 spiro atoms. The van der Waals surface area contributed by atoms with Gasteiger partial charge in [-0.3, -0.25) is 4.79 Å². The van der Waals surface area contributed by atoms with Crippen molar-refractivity contribution >= 4 is 16.0 Å². The van der Waals surface area contributed by atoms with E-state index in [9.17, 15) is 13.2 Å². The minimum Gasteiger partial charge on any atom is -0.426 e. The van der Waals surface area contributed by atoms with E-state index in [2.05, 4.69) is 0 Å². The molecule has 3 rings (SSSR count). The molecule has 150 valence electrons. The molecule has 0 radical (unpaired) electrons. The van der Waals surface area contributed by atoms with E-state index < -0.39 is 15.4 Å². The van der Waals surface area contributed by atoms with Crippen LogP contribution in [0.15, 0.2) is 48.5 Å². The van der Waals surface area contributed by atoms with Gasteiger partial charge in [0.25, 0.3) is 0 Å². The third-order valence-electron chi connectivity index (χ3n) is 5.58. The van der Waals surface area contributed by atoms with Crippen LogP contribution in [0.3, 0.4) is 0 Å². The normalized spacial score (nSPS) is 17.2. The SMILES string of the molecule is CCS(=O)(=O)N1CCC(C(=O)Oc2ccc(C)cc2C)(c2ccccc2)CC1. The lowest BCUT2D eigenvalue weighted by atomic mass is 9.73. The molecule has 28 heavy (non-hydrogen) atoms. The van der Waals surface area contributed by atoms with Gasteiger partial charge < -0.3 is 4.74 Å². The van der Waals surface area contributed by atoms with Crippen molar-refractivity contribution < 1.29 is 17.9 Å². The van der Waals surface area contributed by atoms with Crippen LogP contribution in [0.1, 0.15) is 36.5 Å². The van der Waals surface area contributed by atoms with Gasteiger partial charge in [-0.05, 0) is 50.8 Å². The summed E-state index contributed by atoms with van der Waals surface area (Å²) >= 11 is 0. The average molecular weight is 402 g/mol. The van der Waals surface area contributed by atoms with Gasteiger partial charge >= 0.3 is 5.97 Å². The lowest BCUT2D eigenvalue weighted by Crippen LogP contribution is -2.50. The van der Waals surface area contributed by atoms with Gasteiger partial charge in [0.2, 0.25) is 10.0 Å². The Morgan fingerprint density at radius 3 is 2.29 bits per heavy atom. The highest BCUT2D eigenvalue weighted by Gasteiger charge is 2.46. The summed E-state index contributed by atoms with van der Waals surface area (Å²) in [6.45, 7) is 6.18. The summed E-state index contributed by atoms with van der Waals surface area (Å²) < 4.78 is 31.8. The molecule has 5 nitrogen and oxygen atoms in total. The topological polar surface area (TPSA) is 63.7 Å². The van der Waals surface area contributed by atoms with Crippen molar-refractivity contribution in [2.45, 2.75) is 39.0 Å². The fourth-order valence-corrected chi connectivity index (χ4v) is 4.91. The number of sulfonamides is 1. The number of hydrogen-bond acceptors (Lipinski definition) is 4. The molecule has 0 saturated carbocycles. The Balaban J connectivity index is 1.91. The number of carbonyl (C=O) groups excluding carboxylic acids is 1. The van der Waals surface area contributed by atoms with Crippen LogP contribution < -0.4 is 4.74 Å². The van der Waals surface area contributed by atoms with Crippen molar-refractivity contribution in [2.75, 3.05) is 18.8 Å². The van der Waals surface area contributed by atoms with Crippen LogP contribution >= 0.6 is 0 Å². The molecular weight excluding hydrogens is 374 g/mol. The van der Waals surface area contributed by atoms with E-state index in [0.717, 1.165) is 16.7 Å². The van der Waals surface area contributed by atoms with Crippen LogP contribution in [0, 0.1) is 13.8 Å². The van der Waals surface area contributed by atoms with Crippen LogP contribution in [0.2, 0.25) is 0 Å². The van der Waals surface area contributed by atoms with Crippen molar-refractivity contribution in [3.63, 3.8) is 0 Å². The second-order valence-corrected chi connectivity index (χ2v) is 9.66. The van der Waals surface area contributed by atoms with E-state index in [4.69, 9.17) is 4.74 Å². The lowest BCUT2D eigenvalue weighted by molar-refractivity contribution is -0.142. The van der Waals surface area contributed by atoms with E-state index >= 15 is 0 Å². The molecule has 1 saturated heterocycles. The van der Waals surface area contributed by atoms with Gasteiger partial charge in [-0.25, -0.2) is 12.7 Å². The first-order valence-corrected chi connectivity index (χ1v) is 11.2. The van der Waals surface area contributed by atoms with E-state index in [0.29, 0.717) is 31.7 Å². The zero-order chi connectivity index (χ0) is 20.4. The molecule has 0 bridgehead atoms. The standard InChI is InChI=1S/C22H27NO4S/c1-4-28(25,26)23-14-12-22(13-15-23,19-8-6-5-7-9-19)21(24)27-20-11-10-17(2)16-18(20)3/h5-11,16H,4,12-15H2,1-3H3. The van der Waals surface area contributed by atoms with Crippen LogP contribution in [0.25, 0.3) is 0 Å². The van der Waals surface area contributed by atoms with Crippen LogP contribution in [-0.2, 0) is 20.2 Å². The predicted molar refractivity (Wildman–Crippen MR) is 110 cm³/mol. The van der Waals surface area contributed by atoms with Crippen LogP contribution in [-0.4, -0.2) is 37.5 Å². The molecule has 0 N–H and O–H groups in total. The highest BCUT2D eigenvalue weighted by molar-refractivity contribution is 7.89. The van der Waals surface area contributed by atoms with E-state index in [-0.39, 0.29) is 11.7 Å². The number of benzene rings is 2. The summed E-state index contributed by atoms with van der Waals surface area (Å²) in [7, 11) is -3.27. The smallest absolute Gasteiger partial charge is 0.322 e. The summed E-state index contributed by atoms with van der Waals surface area (Å²) in [6.07, 6.45) is 0.806. The third kappa shape index (κ3) is 3.98. The van der Waals surface area contributed by atoms with Gasteiger partial charge in [0.05, 0.1) is 11.2 Å². The second kappa shape index (κ2) is 8.05. The summed E-state index contributed by atoms with van der Waals surface area (Å²) in [4.78, 5) is 13.4. The number of hydrogen-bond donors (Lipinski definition) is 0. The molecule has 0 amide bonds. The lowest BCUT2D eigenvalue weighted by Gasteiger charge is -2.39. The summed E-state index contributed by atoms with van der Waals surface area (Å²) in [5.74, 6) is 0.298. The Bertz CT molecular complexity index is 946. The number of nitrogens with zero attached hydrogens (tertiary/aromatic N) is 1. The van der Waals surface area contributed by atoms with Gasteiger partial charge in [0.1, 0.15) is 5.75 Å². The molecule has 0 atom stereocenters. The third-order valence-corrected chi connectivity index (χ3v) is 7.47. The van der Waals surface area contributed by atoms with E-state index in [1.165, 1.54) is 4.31 Å². The maximum Gasteiger partial charge on any atom is 0.322 e. The van der Waals surface area contributed by atoms with Crippen molar-refractivity contribution in [1.29, 1.82) is 0 Å². The van der Waals surface area contributed by atoms with Crippen LogP contribution in [0.4, 0.5) is 0 Å². The Kier molecular flexibility index (Phi) is 5.91. The van der Waals surface area contributed by atoms with Gasteiger partial charge in [-0.1, -0.05) is 48.0 Å². The fraction of sp³-hybridized carbons (Fsp3) is 0.409. The first kappa shape index (κ1) is 20.6. The minimum absolute atomic E-state index is 0.0678. The van der Waals surface area contributed by atoms with Gasteiger partial charge in [0.15, 0.2) is 0 Å². The molecule has 1 heterocycles. The predicted octanol–water partition coefficient (Wildman–Crippen LogP) is 3.59. The highest BCUT2D eigenvalue weighted by atomic mass is 32.2. The molecule has 0 aromatic heterocycles. The number of carbonyl (C=O) groups is 1. The van der Waals surface area contributed by atoms with Crippen LogP contribution in [0.5, 0.6) is 5.75 Å². The van der Waals surface area contributed by atoms with Crippen molar-refractivity contribution in [3.8, 4) is 5.75 Å². The molecule has 0 unspecified atom stereocenters. The molecular formula is C22H27NO4S. The first-order valence-electron chi connectivity index (χ1n) is 9.61. The highest BCUT2D eigenvalue weighted by Crippen LogP contribution is 2.38. The number of esters is 1. The van der Waals surface area contributed by atoms with E-state index in [1.807, 2.05) is 62.4 Å². The number of ether oxygens (including phenoxy) is 1. The monoisotopic (exact) mass is 401 g/mol. The van der Waals surface area contributed by atoms with Crippen molar-refractivity contribution in [2.24, 2.45) is 0 Å². The summed E-state index contributed by atoms with van der Waals surface area (Å²) in [6, 6.07) is 15.3. The maximum atomic E-state index is 13.4. The molecule has 6 heteroatoms. The molecule has 0 aliphatic carbocycles. The molecule has 2 aromatic rings. The average Bonchev–Trinajstić information content (AvgIpc) is 2.70. The molecule has 2 aromatic carbocycles. The molecule has 1 fully saturated rings. The first-order chi connectivity index (χ1) is 13.3. The Morgan fingerprint density at radius 2 is 1.71 bits per heavy atom. The van der Waals surface area contributed by atoms with Gasteiger partial charge in [-0.2, -0.15) is 0 Å². The fourth-order valence-electron chi connectivity index (χ4n) is 3.81. The summed E-state index contributed by atoms with van der Waals surface area (Å²) in [5, 5.41) is 0. The minimum atomic E-state index is -3.27. The zero-order valence-corrected chi connectivity index (χ0v) is 17.5. The zero-order valence-electron chi connectivity index (χ0n) is 16.6. The molecule has 1 aliphatic heterocycles. The second-order valence-electron chi connectivity index (χ2n) is 7.41. The van der Waals surface area contributed by atoms with Crippen molar-refractivity contribution in [3.05, 3.63) is 65.2 Å². The Labute approximate surface area is 167 Å². The van der Waals surface area contributed by atoms with Crippen molar-refractivity contribution in [1.82, 2.24) is 4.31 Å². The Hall–Kier alpha value is -2.18. The number of rotatable bonds is 5. The number of aryl methyl sites for hydroxylation is 2. The van der Waals surface area contributed by atoms with E-state index in [1.54, 1.807) is 6.92 Å². The maximum absolute atomic E-state index is 13.4. The Morgan fingerprint density at radius 1 is 1.07 bits per heavy atom. The molecule has 1 aliphatic rings.